The minimum Gasteiger partial charge on any atom is -0.323 e. The van der Waals surface area contributed by atoms with Gasteiger partial charge in [0.15, 0.2) is 16.5 Å². The summed E-state index contributed by atoms with van der Waals surface area (Å²) in [7, 11) is -2.57. The first kappa shape index (κ1) is 21.9. The minimum atomic E-state index is -2.08. The molecule has 0 radical (unpaired) electrons. The predicted octanol–water partition coefficient (Wildman–Crippen LogP) is 5.84. The van der Waals surface area contributed by atoms with Crippen molar-refractivity contribution in [2.45, 2.75) is 39.3 Å². The minimum absolute atomic E-state index is 0.283. The molecule has 0 aliphatic carbocycles. The third-order valence-corrected chi connectivity index (χ3v) is 7.91. The highest BCUT2D eigenvalue weighted by atomic mass is 28.3. The van der Waals surface area contributed by atoms with Crippen molar-refractivity contribution in [3.05, 3.63) is 60.7 Å². The van der Waals surface area contributed by atoms with Crippen LogP contribution in [0.25, 0.3) is 0 Å². The van der Waals surface area contributed by atoms with E-state index in [2.05, 4.69) is 39.3 Å². The Bertz CT molecular complexity index is 746. The lowest BCUT2D eigenvalue weighted by Crippen LogP contribution is -2.61. The van der Waals surface area contributed by atoms with E-state index in [4.69, 9.17) is 0 Å². The third-order valence-electron chi connectivity index (χ3n) is 4.33. The van der Waals surface area contributed by atoms with Crippen LogP contribution in [0.3, 0.4) is 0 Å². The smallest absolute Gasteiger partial charge is 0.323 e. The molecule has 2 rings (SSSR count). The molecule has 7 heteroatoms. The molecule has 28 heavy (non-hydrogen) atoms. The van der Waals surface area contributed by atoms with Crippen molar-refractivity contribution in [1.29, 1.82) is 0 Å². The summed E-state index contributed by atoms with van der Waals surface area (Å²) in [6.07, 6.45) is 0. The Balaban J connectivity index is 2.42. The standard InChI is InChI=1S/C21H31N3O2Si2/c1-22(20(25)23(27(2,3)4)18-14-10-8-11-15-18)21(26)24(28(5,6)7)19-16-12-9-13-17-19/h8-17H,1-7H3. The molecule has 0 saturated heterocycles. The monoisotopic (exact) mass is 413 g/mol. The highest BCUT2D eigenvalue weighted by Crippen LogP contribution is 2.26. The van der Waals surface area contributed by atoms with Crippen molar-refractivity contribution in [3.8, 4) is 0 Å². The summed E-state index contributed by atoms with van der Waals surface area (Å²) >= 11 is 0. The molecule has 0 unspecified atom stereocenters. The molecule has 0 aromatic heterocycles. The average molecular weight is 414 g/mol. The number of imide groups is 1. The first-order valence-corrected chi connectivity index (χ1v) is 16.4. The van der Waals surface area contributed by atoms with E-state index in [1.807, 2.05) is 60.7 Å². The number of hydrogen-bond donors (Lipinski definition) is 0. The molecule has 2 aromatic rings. The zero-order chi connectivity index (χ0) is 21.1. The molecule has 0 atom stereocenters. The van der Waals surface area contributed by atoms with Crippen LogP contribution >= 0.6 is 0 Å². The van der Waals surface area contributed by atoms with E-state index in [1.54, 1.807) is 16.2 Å². The Morgan fingerprint density at radius 3 is 1.14 bits per heavy atom. The molecule has 0 heterocycles. The molecular weight excluding hydrogens is 382 g/mol. The fraction of sp³-hybridized carbons (Fsp3) is 0.333. The second kappa shape index (κ2) is 8.32. The Kier molecular flexibility index (Phi) is 6.51. The molecule has 5 nitrogen and oxygen atoms in total. The molecule has 150 valence electrons. The van der Waals surface area contributed by atoms with Crippen molar-refractivity contribution in [2.75, 3.05) is 16.2 Å². The quantitative estimate of drug-likeness (QED) is 0.591. The Labute approximate surface area is 170 Å². The lowest BCUT2D eigenvalue weighted by molar-refractivity contribution is 0.206. The third kappa shape index (κ3) is 4.91. The summed E-state index contributed by atoms with van der Waals surface area (Å²) in [5.74, 6) is 0. The predicted molar refractivity (Wildman–Crippen MR) is 123 cm³/mol. The Morgan fingerprint density at radius 2 is 0.893 bits per heavy atom. The Morgan fingerprint density at radius 1 is 0.607 bits per heavy atom. The highest BCUT2D eigenvalue weighted by Gasteiger charge is 2.38. The number of para-hydroxylation sites is 2. The molecule has 0 bridgehead atoms. The van der Waals surface area contributed by atoms with Gasteiger partial charge in [-0.15, -0.1) is 0 Å². The number of benzene rings is 2. The maximum atomic E-state index is 13.4. The van der Waals surface area contributed by atoms with E-state index in [0.717, 1.165) is 11.4 Å². The van der Waals surface area contributed by atoms with Crippen LogP contribution in [0.4, 0.5) is 21.0 Å². The normalized spacial score (nSPS) is 11.7. The van der Waals surface area contributed by atoms with Gasteiger partial charge >= 0.3 is 12.1 Å². The number of carbonyl (C=O) groups excluding carboxylic acids is 2. The summed E-state index contributed by atoms with van der Waals surface area (Å²) in [6.45, 7) is 12.6. The van der Waals surface area contributed by atoms with Gasteiger partial charge in [-0.05, 0) is 24.3 Å². The van der Waals surface area contributed by atoms with Crippen molar-refractivity contribution < 1.29 is 9.59 Å². The number of rotatable bonds is 4. The van der Waals surface area contributed by atoms with Gasteiger partial charge in [-0.2, -0.15) is 0 Å². The molecule has 0 fully saturated rings. The van der Waals surface area contributed by atoms with E-state index >= 15 is 0 Å². The zero-order valence-corrected chi connectivity index (χ0v) is 19.9. The summed E-state index contributed by atoms with van der Waals surface area (Å²) in [5.41, 5.74) is 1.65. The van der Waals surface area contributed by atoms with Gasteiger partial charge in [-0.1, -0.05) is 75.7 Å². The van der Waals surface area contributed by atoms with E-state index in [0.29, 0.717) is 0 Å². The second-order valence-corrected chi connectivity index (χ2v) is 18.4. The van der Waals surface area contributed by atoms with Gasteiger partial charge in [0.25, 0.3) is 0 Å². The largest absolute Gasteiger partial charge is 0.324 e. The van der Waals surface area contributed by atoms with Crippen molar-refractivity contribution >= 4 is 39.9 Å². The molecule has 0 spiro atoms. The summed E-state index contributed by atoms with van der Waals surface area (Å²) in [4.78, 5) is 28.2. The van der Waals surface area contributed by atoms with Crippen LogP contribution in [0.15, 0.2) is 60.7 Å². The van der Waals surface area contributed by atoms with Crippen molar-refractivity contribution in [2.24, 2.45) is 0 Å². The van der Waals surface area contributed by atoms with Gasteiger partial charge < -0.3 is 9.13 Å². The van der Waals surface area contributed by atoms with Gasteiger partial charge in [0.1, 0.15) is 0 Å². The number of carbonyl (C=O) groups is 2. The Hall–Kier alpha value is -2.39. The first-order valence-electron chi connectivity index (χ1n) is 9.47. The fourth-order valence-corrected chi connectivity index (χ4v) is 6.40. The van der Waals surface area contributed by atoms with E-state index in [1.165, 1.54) is 4.90 Å². The number of nitrogens with zero attached hydrogens (tertiary/aromatic N) is 3. The lowest BCUT2D eigenvalue weighted by Gasteiger charge is -2.40. The summed E-state index contributed by atoms with van der Waals surface area (Å²) < 4.78 is 3.61. The van der Waals surface area contributed by atoms with Crippen molar-refractivity contribution in [3.63, 3.8) is 0 Å². The van der Waals surface area contributed by atoms with Gasteiger partial charge in [-0.3, -0.25) is 0 Å². The van der Waals surface area contributed by atoms with Crippen LogP contribution in [0.5, 0.6) is 0 Å². The molecule has 0 aliphatic rings. The molecule has 0 aliphatic heterocycles. The molecular formula is C21H31N3O2Si2. The van der Waals surface area contributed by atoms with Gasteiger partial charge in [0.2, 0.25) is 0 Å². The summed E-state index contributed by atoms with van der Waals surface area (Å²) in [6, 6.07) is 18.6. The van der Waals surface area contributed by atoms with Crippen LogP contribution in [-0.2, 0) is 0 Å². The maximum absolute atomic E-state index is 13.4. The van der Waals surface area contributed by atoms with E-state index in [-0.39, 0.29) is 12.1 Å². The van der Waals surface area contributed by atoms with E-state index < -0.39 is 16.5 Å². The topological polar surface area (TPSA) is 43.9 Å². The number of urea groups is 2. The zero-order valence-electron chi connectivity index (χ0n) is 17.9. The van der Waals surface area contributed by atoms with Gasteiger partial charge in [0.05, 0.1) is 0 Å². The number of anilines is 2. The molecule has 0 N–H and O–H groups in total. The van der Waals surface area contributed by atoms with Gasteiger partial charge in [-0.25, -0.2) is 14.5 Å². The van der Waals surface area contributed by atoms with Crippen LogP contribution < -0.4 is 9.13 Å². The van der Waals surface area contributed by atoms with E-state index in [9.17, 15) is 9.59 Å². The molecule has 4 amide bonds. The molecule has 0 saturated carbocycles. The van der Waals surface area contributed by atoms with Crippen LogP contribution in [0.2, 0.25) is 39.3 Å². The van der Waals surface area contributed by atoms with Crippen LogP contribution in [0, 0.1) is 0 Å². The fourth-order valence-electron chi connectivity index (χ4n) is 3.11. The highest BCUT2D eigenvalue weighted by molar-refractivity contribution is 6.84. The first-order chi connectivity index (χ1) is 12.9. The molecule has 2 aromatic carbocycles. The average Bonchev–Trinajstić information content (AvgIpc) is 2.60. The number of hydrogen-bond acceptors (Lipinski definition) is 2. The number of amides is 4. The lowest BCUT2D eigenvalue weighted by atomic mass is 10.3. The maximum Gasteiger partial charge on any atom is 0.324 e. The second-order valence-electron chi connectivity index (χ2n) is 8.81. The van der Waals surface area contributed by atoms with Crippen molar-refractivity contribution in [1.82, 2.24) is 4.90 Å². The van der Waals surface area contributed by atoms with Gasteiger partial charge in [0, 0.05) is 18.4 Å². The van der Waals surface area contributed by atoms with Crippen LogP contribution in [-0.4, -0.2) is 40.5 Å². The SMILES string of the molecule is CN(C(=O)N(c1ccccc1)[Si](C)(C)C)C(=O)N(c1ccccc1)[Si](C)(C)C. The van der Waals surface area contributed by atoms with Crippen LogP contribution in [0.1, 0.15) is 0 Å². The summed E-state index contributed by atoms with van der Waals surface area (Å²) in [5, 5.41) is 0.